The summed E-state index contributed by atoms with van der Waals surface area (Å²) in [5.74, 6) is 0.411. The highest BCUT2D eigenvalue weighted by atomic mass is 127. The fraction of sp³-hybridized carbons (Fsp3) is 0.571. The molecule has 1 heterocycles. The first-order chi connectivity index (χ1) is 6.32. The molecule has 0 saturated heterocycles. The van der Waals surface area contributed by atoms with Gasteiger partial charge in [-0.2, -0.15) is 5.10 Å². The molecule has 0 aliphatic heterocycles. The van der Waals surface area contributed by atoms with Crippen molar-refractivity contribution in [3.8, 4) is 0 Å². The van der Waals surface area contributed by atoms with Gasteiger partial charge in [0.2, 0.25) is 0 Å². The van der Waals surface area contributed by atoms with Gasteiger partial charge in [-0.05, 0) is 28.5 Å². The second kappa shape index (κ2) is 4.36. The van der Waals surface area contributed by atoms with Crippen molar-refractivity contribution in [2.45, 2.75) is 25.3 Å². The van der Waals surface area contributed by atoms with E-state index in [-0.39, 0.29) is 4.90 Å². The summed E-state index contributed by atoms with van der Waals surface area (Å²) in [5.41, 5.74) is 0. The molecule has 0 unspecified atom stereocenters. The fourth-order valence-corrected chi connectivity index (χ4v) is 3.53. The molecule has 0 N–H and O–H groups in total. The SMILES string of the molecule is CC(C)Cn1ncc(S(=O)(=O)Cl)c1I. The molecule has 0 atom stereocenters. The zero-order valence-electron chi connectivity index (χ0n) is 7.74. The van der Waals surface area contributed by atoms with Gasteiger partial charge in [0.25, 0.3) is 9.05 Å². The molecule has 0 bridgehead atoms. The smallest absolute Gasteiger partial charge is 0.258 e. The molecule has 1 rings (SSSR count). The zero-order valence-corrected chi connectivity index (χ0v) is 11.5. The maximum Gasteiger partial charge on any atom is 0.265 e. The van der Waals surface area contributed by atoms with Crippen molar-refractivity contribution in [1.29, 1.82) is 0 Å². The lowest BCUT2D eigenvalue weighted by molar-refractivity contribution is 0.474. The number of aromatic nitrogens is 2. The van der Waals surface area contributed by atoms with Gasteiger partial charge in [0.15, 0.2) is 0 Å². The van der Waals surface area contributed by atoms with Crippen LogP contribution in [0.5, 0.6) is 0 Å². The van der Waals surface area contributed by atoms with E-state index < -0.39 is 9.05 Å². The van der Waals surface area contributed by atoms with Gasteiger partial charge in [0.05, 0.1) is 6.20 Å². The number of rotatable bonds is 3. The summed E-state index contributed by atoms with van der Waals surface area (Å²) in [5, 5.41) is 3.97. The van der Waals surface area contributed by atoms with Crippen LogP contribution in [-0.4, -0.2) is 18.2 Å². The van der Waals surface area contributed by atoms with E-state index in [1.165, 1.54) is 6.20 Å². The number of nitrogens with zero attached hydrogens (tertiary/aromatic N) is 2. The highest BCUT2D eigenvalue weighted by Gasteiger charge is 2.19. The van der Waals surface area contributed by atoms with E-state index in [0.29, 0.717) is 16.2 Å². The molecule has 0 aromatic carbocycles. The minimum Gasteiger partial charge on any atom is -0.258 e. The Bertz CT molecular complexity index is 427. The van der Waals surface area contributed by atoms with Gasteiger partial charge in [-0.15, -0.1) is 0 Å². The van der Waals surface area contributed by atoms with Crippen LogP contribution in [0.15, 0.2) is 11.1 Å². The second-order valence-corrected chi connectivity index (χ2v) is 6.87. The van der Waals surface area contributed by atoms with E-state index in [2.05, 4.69) is 5.10 Å². The van der Waals surface area contributed by atoms with Crippen LogP contribution in [0.4, 0.5) is 0 Å². The van der Waals surface area contributed by atoms with Gasteiger partial charge in [-0.1, -0.05) is 13.8 Å². The van der Waals surface area contributed by atoms with Gasteiger partial charge < -0.3 is 0 Å². The third-order valence-corrected chi connectivity index (χ3v) is 4.37. The molecule has 0 saturated carbocycles. The van der Waals surface area contributed by atoms with Crippen LogP contribution >= 0.6 is 33.3 Å². The van der Waals surface area contributed by atoms with Crippen molar-refractivity contribution in [1.82, 2.24) is 9.78 Å². The van der Waals surface area contributed by atoms with Crippen molar-refractivity contribution in [2.24, 2.45) is 5.92 Å². The third-order valence-electron chi connectivity index (χ3n) is 1.55. The Morgan fingerprint density at radius 1 is 1.64 bits per heavy atom. The number of hydrogen-bond donors (Lipinski definition) is 0. The molecule has 0 radical (unpaired) electrons. The first-order valence-electron chi connectivity index (χ1n) is 3.98. The molecule has 1 aromatic heterocycles. The summed E-state index contributed by atoms with van der Waals surface area (Å²) in [4.78, 5) is 0.0837. The van der Waals surface area contributed by atoms with E-state index in [1.807, 2.05) is 36.4 Å². The van der Waals surface area contributed by atoms with Crippen molar-refractivity contribution in [3.63, 3.8) is 0 Å². The van der Waals surface area contributed by atoms with Crippen LogP contribution < -0.4 is 0 Å². The van der Waals surface area contributed by atoms with Gasteiger partial charge in [0.1, 0.15) is 8.60 Å². The largest absolute Gasteiger partial charge is 0.265 e. The monoisotopic (exact) mass is 348 g/mol. The van der Waals surface area contributed by atoms with Gasteiger partial charge >= 0.3 is 0 Å². The molecule has 0 spiro atoms. The van der Waals surface area contributed by atoms with Crippen LogP contribution in [0, 0.1) is 9.62 Å². The predicted molar refractivity (Wildman–Crippen MR) is 62.8 cm³/mol. The van der Waals surface area contributed by atoms with Crippen LogP contribution in [0.1, 0.15) is 13.8 Å². The Kier molecular flexibility index (Phi) is 3.81. The van der Waals surface area contributed by atoms with Crippen molar-refractivity contribution in [2.75, 3.05) is 0 Å². The molecule has 1 aromatic rings. The summed E-state index contributed by atoms with van der Waals surface area (Å²) >= 11 is 1.93. The molecule has 4 nitrogen and oxygen atoms in total. The maximum absolute atomic E-state index is 11.1. The van der Waals surface area contributed by atoms with Crippen molar-refractivity contribution >= 4 is 42.3 Å². The Labute approximate surface area is 101 Å². The normalized spacial score (nSPS) is 12.4. The first-order valence-corrected chi connectivity index (χ1v) is 7.37. The average Bonchev–Trinajstić information content (AvgIpc) is 2.30. The summed E-state index contributed by atoms with van der Waals surface area (Å²) in [7, 11) is 1.56. The number of hydrogen-bond acceptors (Lipinski definition) is 3. The Balaban J connectivity index is 3.09. The molecule has 80 valence electrons. The van der Waals surface area contributed by atoms with Crippen LogP contribution in [-0.2, 0) is 15.6 Å². The molecule has 14 heavy (non-hydrogen) atoms. The molecule has 0 aliphatic carbocycles. The second-order valence-electron chi connectivity index (χ2n) is 3.31. The molecule has 0 aliphatic rings. The fourth-order valence-electron chi connectivity index (χ4n) is 0.990. The molecular weight excluding hydrogens is 339 g/mol. The summed E-state index contributed by atoms with van der Waals surface area (Å²) in [6.07, 6.45) is 1.28. The minimum absolute atomic E-state index is 0.0837. The Hall–Kier alpha value is 0.180. The van der Waals surface area contributed by atoms with Crippen LogP contribution in [0.2, 0.25) is 0 Å². The highest BCUT2D eigenvalue weighted by molar-refractivity contribution is 14.1. The number of halogens is 2. The summed E-state index contributed by atoms with van der Waals surface area (Å²) < 4.78 is 24.3. The molecule has 0 amide bonds. The van der Waals surface area contributed by atoms with Crippen molar-refractivity contribution in [3.05, 3.63) is 9.90 Å². The van der Waals surface area contributed by atoms with E-state index >= 15 is 0 Å². The van der Waals surface area contributed by atoms with Crippen LogP contribution in [0.25, 0.3) is 0 Å². The van der Waals surface area contributed by atoms with E-state index in [4.69, 9.17) is 10.7 Å². The molecule has 7 heteroatoms. The lowest BCUT2D eigenvalue weighted by Crippen LogP contribution is -2.08. The highest BCUT2D eigenvalue weighted by Crippen LogP contribution is 2.21. The van der Waals surface area contributed by atoms with E-state index in [9.17, 15) is 8.42 Å². The van der Waals surface area contributed by atoms with Crippen LogP contribution in [0.3, 0.4) is 0 Å². The minimum atomic E-state index is -3.67. The van der Waals surface area contributed by atoms with E-state index in [1.54, 1.807) is 4.68 Å². The molecule has 0 fully saturated rings. The Morgan fingerprint density at radius 3 is 2.57 bits per heavy atom. The maximum atomic E-state index is 11.1. The van der Waals surface area contributed by atoms with Gasteiger partial charge in [-0.3, -0.25) is 4.68 Å². The topological polar surface area (TPSA) is 52.0 Å². The zero-order chi connectivity index (χ0) is 10.9. The lowest BCUT2D eigenvalue weighted by Gasteiger charge is -2.05. The molecular formula is C7H10ClIN2O2S. The quantitative estimate of drug-likeness (QED) is 0.621. The summed E-state index contributed by atoms with van der Waals surface area (Å²) in [6.45, 7) is 4.75. The predicted octanol–water partition coefficient (Wildman–Crippen LogP) is 2.07. The lowest BCUT2D eigenvalue weighted by atomic mass is 10.2. The van der Waals surface area contributed by atoms with E-state index in [0.717, 1.165) is 0 Å². The van der Waals surface area contributed by atoms with Crippen molar-refractivity contribution < 1.29 is 8.42 Å². The third kappa shape index (κ3) is 2.83. The summed E-state index contributed by atoms with van der Waals surface area (Å²) in [6, 6.07) is 0. The standard InChI is InChI=1S/C7H10ClIN2O2S/c1-5(2)4-11-7(9)6(3-10-11)14(8,12)13/h3,5H,4H2,1-2H3. The van der Waals surface area contributed by atoms with Gasteiger partial charge in [0, 0.05) is 17.2 Å². The Morgan fingerprint density at radius 2 is 2.21 bits per heavy atom. The average molecular weight is 349 g/mol. The first kappa shape index (κ1) is 12.3. The van der Waals surface area contributed by atoms with Gasteiger partial charge in [-0.25, -0.2) is 8.42 Å².